The molecule has 0 radical (unpaired) electrons. The Morgan fingerprint density at radius 1 is 1.14 bits per heavy atom. The van der Waals surface area contributed by atoms with E-state index in [9.17, 15) is 8.42 Å². The second-order valence-electron chi connectivity index (χ2n) is 4.65. The molecule has 3 rings (SSSR count). The van der Waals surface area contributed by atoms with Crippen LogP contribution >= 0.6 is 15.9 Å². The highest BCUT2D eigenvalue weighted by molar-refractivity contribution is 9.10. The molecule has 110 valence electrons. The quantitative estimate of drug-likeness (QED) is 0.761. The van der Waals surface area contributed by atoms with E-state index in [1.54, 1.807) is 48.5 Å². The van der Waals surface area contributed by atoms with Crippen molar-refractivity contribution in [2.75, 3.05) is 13.2 Å². The maximum Gasteiger partial charge on any atom is 0.207 e. The van der Waals surface area contributed by atoms with Crippen molar-refractivity contribution in [2.45, 2.75) is 15.9 Å². The molecule has 4 nitrogen and oxygen atoms in total. The first-order valence-electron chi connectivity index (χ1n) is 6.42. The van der Waals surface area contributed by atoms with Crippen LogP contribution in [-0.2, 0) is 14.6 Å². The van der Waals surface area contributed by atoms with Gasteiger partial charge in [0.15, 0.2) is 0 Å². The van der Waals surface area contributed by atoms with Gasteiger partial charge in [0, 0.05) is 0 Å². The average Bonchev–Trinajstić information content (AvgIpc) is 3.31. The fraction of sp³-hybridized carbons (Fsp3) is 0.200. The molecular formula is C15H13BrO4S. The van der Waals surface area contributed by atoms with E-state index in [1.807, 2.05) is 0 Å². The minimum absolute atomic E-state index is 0.117. The number of ether oxygens (including phenoxy) is 2. The van der Waals surface area contributed by atoms with Crippen molar-refractivity contribution in [3.8, 4) is 5.75 Å². The first kappa shape index (κ1) is 14.6. The zero-order valence-corrected chi connectivity index (χ0v) is 13.4. The summed E-state index contributed by atoms with van der Waals surface area (Å²) >= 11 is 3.34. The Balaban J connectivity index is 1.96. The molecule has 2 aromatic carbocycles. The summed E-state index contributed by atoms with van der Waals surface area (Å²) in [7, 11) is -3.57. The summed E-state index contributed by atoms with van der Waals surface area (Å²) in [6, 6.07) is 13.3. The number of halogens is 1. The Hall–Kier alpha value is -1.37. The van der Waals surface area contributed by atoms with Gasteiger partial charge in [0.2, 0.25) is 9.84 Å². The highest BCUT2D eigenvalue weighted by atomic mass is 79.9. The zero-order valence-electron chi connectivity index (χ0n) is 11.0. The standard InChI is InChI=1S/C15H13BrO4S/c16-15-13(20-10-11-9-19-11)7-4-8-14(15)21(17,18)12-5-2-1-3-6-12/h1-8,11H,9-10H2. The maximum atomic E-state index is 12.6. The molecule has 1 aliphatic heterocycles. The molecule has 0 bridgehead atoms. The molecule has 6 heteroatoms. The summed E-state index contributed by atoms with van der Waals surface area (Å²) < 4.78 is 36.4. The van der Waals surface area contributed by atoms with Crippen LogP contribution in [0.4, 0.5) is 0 Å². The predicted molar refractivity (Wildman–Crippen MR) is 81.3 cm³/mol. The van der Waals surface area contributed by atoms with Crippen LogP contribution in [0.15, 0.2) is 62.8 Å². The second kappa shape index (κ2) is 5.79. The Morgan fingerprint density at radius 3 is 2.52 bits per heavy atom. The largest absolute Gasteiger partial charge is 0.490 e. The first-order chi connectivity index (χ1) is 10.1. The van der Waals surface area contributed by atoms with Gasteiger partial charge < -0.3 is 9.47 Å². The minimum atomic E-state index is -3.57. The van der Waals surface area contributed by atoms with Gasteiger partial charge in [-0.3, -0.25) is 0 Å². The van der Waals surface area contributed by atoms with E-state index in [1.165, 1.54) is 0 Å². The molecule has 2 aromatic rings. The summed E-state index contributed by atoms with van der Waals surface area (Å²) in [5.74, 6) is 0.502. The van der Waals surface area contributed by atoms with Crippen molar-refractivity contribution >= 4 is 25.8 Å². The minimum Gasteiger partial charge on any atom is -0.490 e. The van der Waals surface area contributed by atoms with E-state index in [-0.39, 0.29) is 15.9 Å². The summed E-state index contributed by atoms with van der Waals surface area (Å²) in [6.45, 7) is 1.12. The van der Waals surface area contributed by atoms with Crippen LogP contribution in [-0.4, -0.2) is 27.7 Å². The molecule has 0 amide bonds. The molecule has 0 aliphatic carbocycles. The van der Waals surface area contributed by atoms with E-state index < -0.39 is 9.84 Å². The van der Waals surface area contributed by atoms with Crippen molar-refractivity contribution in [3.63, 3.8) is 0 Å². The van der Waals surface area contributed by atoms with Crippen molar-refractivity contribution in [1.82, 2.24) is 0 Å². The first-order valence-corrected chi connectivity index (χ1v) is 8.70. The van der Waals surface area contributed by atoms with Crippen LogP contribution in [0, 0.1) is 0 Å². The molecule has 0 N–H and O–H groups in total. The van der Waals surface area contributed by atoms with Crippen LogP contribution < -0.4 is 4.74 Å². The van der Waals surface area contributed by atoms with E-state index in [0.717, 1.165) is 0 Å². The van der Waals surface area contributed by atoms with Gasteiger partial charge in [-0.15, -0.1) is 0 Å². The molecule has 1 fully saturated rings. The van der Waals surface area contributed by atoms with Crippen molar-refractivity contribution < 1.29 is 17.9 Å². The number of epoxide rings is 1. The highest BCUT2D eigenvalue weighted by Gasteiger charge is 2.25. The molecule has 1 saturated heterocycles. The summed E-state index contributed by atoms with van der Waals surface area (Å²) in [6.07, 6.45) is 0.117. The Labute approximate surface area is 131 Å². The van der Waals surface area contributed by atoms with Crippen LogP contribution in [0.25, 0.3) is 0 Å². The number of hydrogen-bond donors (Lipinski definition) is 0. The van der Waals surface area contributed by atoms with Crippen LogP contribution in [0.2, 0.25) is 0 Å². The lowest BCUT2D eigenvalue weighted by molar-refractivity contribution is 0.261. The third kappa shape index (κ3) is 3.12. The maximum absolute atomic E-state index is 12.6. The Bertz CT molecular complexity index is 740. The van der Waals surface area contributed by atoms with Gasteiger partial charge in [-0.1, -0.05) is 24.3 Å². The molecule has 0 spiro atoms. The summed E-state index contributed by atoms with van der Waals surface area (Å²) in [4.78, 5) is 0.455. The van der Waals surface area contributed by atoms with Crippen LogP contribution in [0.3, 0.4) is 0 Å². The number of benzene rings is 2. The van der Waals surface area contributed by atoms with Crippen molar-refractivity contribution in [2.24, 2.45) is 0 Å². The predicted octanol–water partition coefficient (Wildman–Crippen LogP) is 3.06. The van der Waals surface area contributed by atoms with Gasteiger partial charge in [0.05, 0.1) is 20.9 Å². The molecule has 1 heterocycles. The number of rotatable bonds is 5. The van der Waals surface area contributed by atoms with Gasteiger partial charge in [0.25, 0.3) is 0 Å². The lowest BCUT2D eigenvalue weighted by atomic mass is 10.3. The fourth-order valence-electron chi connectivity index (χ4n) is 1.88. The fourth-order valence-corrected chi connectivity index (χ4v) is 4.26. The van der Waals surface area contributed by atoms with Crippen LogP contribution in [0.1, 0.15) is 0 Å². The molecular weight excluding hydrogens is 356 g/mol. The summed E-state index contributed by atoms with van der Waals surface area (Å²) in [5.41, 5.74) is 0. The Kier molecular flexibility index (Phi) is 4.01. The lowest BCUT2D eigenvalue weighted by Gasteiger charge is -2.11. The topological polar surface area (TPSA) is 55.9 Å². The van der Waals surface area contributed by atoms with E-state index in [0.29, 0.717) is 23.4 Å². The normalized spacial score (nSPS) is 17.5. The third-order valence-corrected chi connectivity index (χ3v) is 5.99. The van der Waals surface area contributed by atoms with Crippen molar-refractivity contribution in [3.05, 3.63) is 53.0 Å². The highest BCUT2D eigenvalue weighted by Crippen LogP contribution is 2.35. The van der Waals surface area contributed by atoms with Crippen molar-refractivity contribution in [1.29, 1.82) is 0 Å². The Morgan fingerprint density at radius 2 is 1.86 bits per heavy atom. The van der Waals surface area contributed by atoms with Gasteiger partial charge in [0.1, 0.15) is 18.5 Å². The zero-order chi connectivity index (χ0) is 14.9. The number of hydrogen-bond acceptors (Lipinski definition) is 4. The lowest BCUT2D eigenvalue weighted by Crippen LogP contribution is -2.07. The average molecular weight is 369 g/mol. The summed E-state index contributed by atoms with van der Waals surface area (Å²) in [5, 5.41) is 0. The van der Waals surface area contributed by atoms with E-state index in [4.69, 9.17) is 9.47 Å². The third-order valence-electron chi connectivity index (χ3n) is 3.10. The van der Waals surface area contributed by atoms with Crippen LogP contribution in [0.5, 0.6) is 5.75 Å². The molecule has 0 saturated carbocycles. The van der Waals surface area contributed by atoms with Gasteiger partial charge in [-0.05, 0) is 40.2 Å². The smallest absolute Gasteiger partial charge is 0.207 e. The second-order valence-corrected chi connectivity index (χ2v) is 7.36. The molecule has 0 aromatic heterocycles. The van der Waals surface area contributed by atoms with Gasteiger partial charge >= 0.3 is 0 Å². The SMILES string of the molecule is O=S(=O)(c1ccccc1)c1cccc(OCC2CO2)c1Br. The number of sulfone groups is 1. The molecule has 1 aliphatic rings. The molecule has 1 atom stereocenters. The monoisotopic (exact) mass is 368 g/mol. The molecule has 1 unspecified atom stereocenters. The van der Waals surface area contributed by atoms with E-state index in [2.05, 4.69) is 15.9 Å². The van der Waals surface area contributed by atoms with Gasteiger partial charge in [-0.25, -0.2) is 8.42 Å². The van der Waals surface area contributed by atoms with E-state index >= 15 is 0 Å². The van der Waals surface area contributed by atoms with Gasteiger partial charge in [-0.2, -0.15) is 0 Å². The molecule has 21 heavy (non-hydrogen) atoms.